The Balaban J connectivity index is 1.64. The molecule has 3 rings (SSSR count). The maximum Gasteiger partial charge on any atom is 0.410 e. The first-order chi connectivity index (χ1) is 12.3. The molecule has 2 saturated heterocycles. The van der Waals surface area contributed by atoms with Gasteiger partial charge in [0.15, 0.2) is 0 Å². The molecule has 2 fully saturated rings. The molecule has 140 valence electrons. The van der Waals surface area contributed by atoms with Crippen molar-refractivity contribution in [2.45, 2.75) is 45.4 Å². The first kappa shape index (κ1) is 18.6. The fourth-order valence-corrected chi connectivity index (χ4v) is 3.44. The molecule has 0 radical (unpaired) electrons. The van der Waals surface area contributed by atoms with Crippen LogP contribution in [0.3, 0.4) is 0 Å². The lowest BCUT2D eigenvalue weighted by molar-refractivity contribution is -0.0909. The molecule has 7 heteroatoms. The highest BCUT2D eigenvalue weighted by Crippen LogP contribution is 2.29. The summed E-state index contributed by atoms with van der Waals surface area (Å²) >= 11 is 0. The molecule has 0 aliphatic carbocycles. The minimum absolute atomic E-state index is 0.0971. The van der Waals surface area contributed by atoms with Crippen LogP contribution in [0, 0.1) is 18.3 Å². The van der Waals surface area contributed by atoms with E-state index in [2.05, 4.69) is 16.0 Å². The molecule has 7 nitrogen and oxygen atoms in total. The summed E-state index contributed by atoms with van der Waals surface area (Å²) in [6.07, 6.45) is 3.02. The average Bonchev–Trinajstić information content (AvgIpc) is 2.59. The van der Waals surface area contributed by atoms with E-state index in [4.69, 9.17) is 9.47 Å². The fourth-order valence-electron chi connectivity index (χ4n) is 3.44. The Hall–Kier alpha value is -2.17. The minimum atomic E-state index is -0.487. The van der Waals surface area contributed by atoms with Crippen molar-refractivity contribution in [2.24, 2.45) is 0 Å². The van der Waals surface area contributed by atoms with Crippen molar-refractivity contribution in [3.63, 3.8) is 0 Å². The third kappa shape index (κ3) is 3.97. The maximum atomic E-state index is 12.3. The lowest BCUT2D eigenvalue weighted by atomic mass is 9.99. The predicted molar refractivity (Wildman–Crippen MR) is 95.6 cm³/mol. The van der Waals surface area contributed by atoms with Crippen LogP contribution in [0.2, 0.25) is 0 Å². The third-order valence-corrected chi connectivity index (χ3v) is 4.87. The zero-order valence-corrected chi connectivity index (χ0v) is 15.9. The second-order valence-corrected chi connectivity index (χ2v) is 7.91. The van der Waals surface area contributed by atoms with E-state index >= 15 is 0 Å². The summed E-state index contributed by atoms with van der Waals surface area (Å²) in [6, 6.07) is 2.34. The van der Waals surface area contributed by atoms with Gasteiger partial charge in [-0.1, -0.05) is 0 Å². The topological polar surface area (TPSA) is 78.7 Å². The van der Waals surface area contributed by atoms with Crippen LogP contribution in [0.4, 0.5) is 4.79 Å². The first-order valence-electron chi connectivity index (χ1n) is 8.96. The number of ether oxygens (including phenoxy) is 2. The number of amides is 1. The van der Waals surface area contributed by atoms with Crippen molar-refractivity contribution in [2.75, 3.05) is 32.8 Å². The van der Waals surface area contributed by atoms with Gasteiger partial charge < -0.3 is 14.4 Å². The number of nitriles is 1. The smallest absolute Gasteiger partial charge is 0.410 e. The van der Waals surface area contributed by atoms with Crippen molar-refractivity contribution < 1.29 is 14.3 Å². The number of carbonyl (C=O) groups is 1. The Morgan fingerprint density at radius 2 is 2.12 bits per heavy atom. The van der Waals surface area contributed by atoms with E-state index in [9.17, 15) is 10.1 Å². The van der Waals surface area contributed by atoms with Gasteiger partial charge in [0.2, 0.25) is 0 Å². The molecular weight excluding hydrogens is 332 g/mol. The van der Waals surface area contributed by atoms with E-state index in [1.165, 1.54) is 0 Å². The van der Waals surface area contributed by atoms with Crippen LogP contribution >= 0.6 is 0 Å². The van der Waals surface area contributed by atoms with Crippen molar-refractivity contribution in [3.05, 3.63) is 29.1 Å². The van der Waals surface area contributed by atoms with Crippen molar-refractivity contribution in [3.8, 4) is 6.07 Å². The SMILES string of the molecule is Cc1c(C#N)cncc1[C@H]1CN2CCN(C(=O)OC(C)(C)C)C[C@H]2CO1. The number of hydrogen-bond donors (Lipinski definition) is 0. The normalized spacial score (nSPS) is 23.9. The molecule has 0 saturated carbocycles. The van der Waals surface area contributed by atoms with Gasteiger partial charge in [-0.15, -0.1) is 0 Å². The lowest BCUT2D eigenvalue weighted by Crippen LogP contribution is -2.60. The summed E-state index contributed by atoms with van der Waals surface area (Å²) in [5.74, 6) is 0. The zero-order valence-electron chi connectivity index (χ0n) is 15.9. The molecule has 3 heterocycles. The van der Waals surface area contributed by atoms with Crippen LogP contribution in [0.15, 0.2) is 12.4 Å². The van der Waals surface area contributed by atoms with Gasteiger partial charge in [-0.05, 0) is 33.3 Å². The molecule has 1 aromatic heterocycles. The molecule has 0 aromatic carbocycles. The summed E-state index contributed by atoms with van der Waals surface area (Å²) in [5, 5.41) is 9.20. The summed E-state index contributed by atoms with van der Waals surface area (Å²) < 4.78 is 11.6. The Kier molecular flexibility index (Phi) is 5.17. The summed E-state index contributed by atoms with van der Waals surface area (Å²) in [6.45, 7) is 10.9. The molecular formula is C19H26N4O3. The van der Waals surface area contributed by atoms with Gasteiger partial charge in [0.25, 0.3) is 0 Å². The van der Waals surface area contributed by atoms with Gasteiger partial charge in [0.1, 0.15) is 11.7 Å². The van der Waals surface area contributed by atoms with Crippen molar-refractivity contribution >= 4 is 6.09 Å². The lowest BCUT2D eigenvalue weighted by Gasteiger charge is -2.46. The number of morpholine rings is 1. The zero-order chi connectivity index (χ0) is 18.9. The molecule has 0 N–H and O–H groups in total. The van der Waals surface area contributed by atoms with E-state index in [-0.39, 0.29) is 18.2 Å². The van der Waals surface area contributed by atoms with Crippen LogP contribution in [0.1, 0.15) is 43.6 Å². The predicted octanol–water partition coefficient (Wildman–Crippen LogP) is 2.25. The van der Waals surface area contributed by atoms with Gasteiger partial charge in [0, 0.05) is 44.1 Å². The van der Waals surface area contributed by atoms with E-state index in [1.54, 1.807) is 17.3 Å². The van der Waals surface area contributed by atoms with Crippen molar-refractivity contribution in [1.29, 1.82) is 5.26 Å². The number of aromatic nitrogens is 1. The molecule has 0 spiro atoms. The molecule has 0 bridgehead atoms. The van der Waals surface area contributed by atoms with Gasteiger partial charge in [0.05, 0.1) is 24.3 Å². The highest BCUT2D eigenvalue weighted by atomic mass is 16.6. The number of piperazine rings is 1. The van der Waals surface area contributed by atoms with Crippen LogP contribution in [0.5, 0.6) is 0 Å². The van der Waals surface area contributed by atoms with Gasteiger partial charge >= 0.3 is 6.09 Å². The quantitative estimate of drug-likeness (QED) is 0.766. The summed E-state index contributed by atoms with van der Waals surface area (Å²) in [4.78, 5) is 20.6. The molecule has 1 aromatic rings. The van der Waals surface area contributed by atoms with E-state index in [0.29, 0.717) is 25.3 Å². The van der Waals surface area contributed by atoms with Crippen molar-refractivity contribution in [1.82, 2.24) is 14.8 Å². The standard InChI is InChI=1S/C19H26N4O3/c1-13-14(7-20)8-21-9-16(13)17-11-22-5-6-23(10-15(22)12-25-17)18(24)26-19(2,3)4/h8-9,15,17H,5-6,10-12H2,1-4H3/t15-,17+/m0/s1. The Morgan fingerprint density at radius 3 is 2.81 bits per heavy atom. The largest absolute Gasteiger partial charge is 0.444 e. The number of carbonyl (C=O) groups excluding carboxylic acids is 1. The average molecular weight is 358 g/mol. The molecule has 2 aliphatic rings. The van der Waals surface area contributed by atoms with E-state index in [1.807, 2.05) is 27.7 Å². The molecule has 0 unspecified atom stereocenters. The second kappa shape index (κ2) is 7.22. The van der Waals surface area contributed by atoms with Gasteiger partial charge in [-0.25, -0.2) is 4.79 Å². The number of hydrogen-bond acceptors (Lipinski definition) is 6. The molecule has 2 atom stereocenters. The number of fused-ring (bicyclic) bond motifs is 1. The Morgan fingerprint density at radius 1 is 1.35 bits per heavy atom. The fraction of sp³-hybridized carbons (Fsp3) is 0.632. The van der Waals surface area contributed by atoms with Gasteiger partial charge in [-0.3, -0.25) is 9.88 Å². The highest BCUT2D eigenvalue weighted by molar-refractivity contribution is 5.68. The molecule has 26 heavy (non-hydrogen) atoms. The summed E-state index contributed by atoms with van der Waals surface area (Å²) in [7, 11) is 0. The minimum Gasteiger partial charge on any atom is -0.444 e. The van der Waals surface area contributed by atoms with Crippen LogP contribution in [-0.2, 0) is 9.47 Å². The van der Waals surface area contributed by atoms with Crippen LogP contribution in [-0.4, -0.2) is 65.3 Å². The third-order valence-electron chi connectivity index (χ3n) is 4.87. The highest BCUT2D eigenvalue weighted by Gasteiger charge is 2.37. The first-order valence-corrected chi connectivity index (χ1v) is 8.96. The Bertz CT molecular complexity index is 722. The van der Waals surface area contributed by atoms with Crippen LogP contribution < -0.4 is 0 Å². The van der Waals surface area contributed by atoms with Crippen LogP contribution in [0.25, 0.3) is 0 Å². The van der Waals surface area contributed by atoms with E-state index < -0.39 is 5.60 Å². The van der Waals surface area contributed by atoms with E-state index in [0.717, 1.165) is 24.2 Å². The number of nitrogens with zero attached hydrogens (tertiary/aromatic N) is 4. The monoisotopic (exact) mass is 358 g/mol. The molecule has 1 amide bonds. The number of pyridine rings is 1. The summed E-state index contributed by atoms with van der Waals surface area (Å²) in [5.41, 5.74) is 2.00. The second-order valence-electron chi connectivity index (χ2n) is 7.91. The maximum absolute atomic E-state index is 12.3. The van der Waals surface area contributed by atoms with Gasteiger partial charge in [-0.2, -0.15) is 5.26 Å². The molecule has 2 aliphatic heterocycles. The number of rotatable bonds is 1. The Labute approximate surface area is 154 Å².